The number of nitrogens with one attached hydrogen (secondary N) is 2. The molecule has 3 heterocycles. The van der Waals surface area contributed by atoms with Crippen LogP contribution in [-0.4, -0.2) is 75.5 Å². The molecule has 13 heteroatoms. The Balaban J connectivity index is 0.00000480. The lowest BCUT2D eigenvalue weighted by Gasteiger charge is -2.30. The van der Waals surface area contributed by atoms with Gasteiger partial charge in [-0.05, 0) is 41.7 Å². The highest BCUT2D eigenvalue weighted by atomic mass is 35.5. The second-order valence-electron chi connectivity index (χ2n) is 12.5. The lowest BCUT2D eigenvalue weighted by atomic mass is 9.76. The first kappa shape index (κ1) is 36.0. The molecule has 0 spiro atoms. The van der Waals surface area contributed by atoms with Crippen LogP contribution >= 0.6 is 24.0 Å². The van der Waals surface area contributed by atoms with Crippen LogP contribution in [0.15, 0.2) is 48.5 Å². The van der Waals surface area contributed by atoms with E-state index in [-0.39, 0.29) is 31.3 Å². The molecule has 0 aromatic heterocycles. The lowest BCUT2D eigenvalue weighted by Crippen LogP contribution is -2.56. The van der Waals surface area contributed by atoms with Crippen molar-refractivity contribution < 1.29 is 29.2 Å². The minimum Gasteiger partial charge on any atom is -0.444 e. The molecule has 10 nitrogen and oxygen atoms in total. The standard InChI is InChI=1S/C33H44BClN4O6.ClH/c35-26-14-10-11-23(17-26)19-36-28-15-6-4-2-1-3-5-7-16-30(34(43)44)37-31(40)29-18-27(22-39(29)32(28)41)45-33(42)38-20-24-12-8-9-13-25(24)21-38;/h8-14,17,27-30,36,43-44H,1-7,15-16,18-22H2,(H,37,40);1H/t27-,28?,29+,30-;/m1./s1. The smallest absolute Gasteiger partial charge is 0.444 e. The van der Waals surface area contributed by atoms with Crippen LogP contribution in [0.4, 0.5) is 4.79 Å². The van der Waals surface area contributed by atoms with E-state index < -0.39 is 43.2 Å². The van der Waals surface area contributed by atoms with Crippen LogP contribution in [-0.2, 0) is 34.0 Å². The summed E-state index contributed by atoms with van der Waals surface area (Å²) in [6.45, 7) is 1.39. The van der Waals surface area contributed by atoms with Gasteiger partial charge < -0.3 is 30.3 Å². The Morgan fingerprint density at radius 1 is 0.957 bits per heavy atom. The van der Waals surface area contributed by atoms with E-state index in [0.29, 0.717) is 37.5 Å². The number of hydrogen-bond donors (Lipinski definition) is 4. The minimum atomic E-state index is -1.73. The molecule has 4 N–H and O–H groups in total. The van der Waals surface area contributed by atoms with Crippen LogP contribution in [0.25, 0.3) is 0 Å². The fourth-order valence-electron chi connectivity index (χ4n) is 6.63. The summed E-state index contributed by atoms with van der Waals surface area (Å²) in [5, 5.41) is 26.9. The lowest BCUT2D eigenvalue weighted by molar-refractivity contribution is -0.140. The number of benzene rings is 2. The molecule has 2 aromatic rings. The molecule has 3 aliphatic rings. The summed E-state index contributed by atoms with van der Waals surface area (Å²) in [4.78, 5) is 44.3. The molecular weight excluding hydrogens is 630 g/mol. The monoisotopic (exact) mass is 674 g/mol. The number of carbonyl (C=O) groups is 3. The van der Waals surface area contributed by atoms with Crippen molar-refractivity contribution in [2.45, 2.75) is 108 Å². The first-order chi connectivity index (χ1) is 21.8. The normalized spacial score (nSPS) is 24.4. The van der Waals surface area contributed by atoms with E-state index in [0.717, 1.165) is 61.6 Å². The molecule has 2 aromatic carbocycles. The summed E-state index contributed by atoms with van der Waals surface area (Å²) in [6.07, 6.45) is 6.66. The van der Waals surface area contributed by atoms with Gasteiger partial charge in [-0.3, -0.25) is 14.5 Å². The Hall–Kier alpha value is -2.83. The number of halogens is 2. The van der Waals surface area contributed by atoms with Gasteiger partial charge in [0.1, 0.15) is 12.1 Å². The van der Waals surface area contributed by atoms with Gasteiger partial charge in [0, 0.05) is 31.1 Å². The number of nitrogens with zero attached hydrogens (tertiary/aromatic N) is 2. The van der Waals surface area contributed by atoms with E-state index in [1.165, 1.54) is 4.90 Å². The first-order valence-electron chi connectivity index (χ1n) is 16.3. The third-order valence-corrected chi connectivity index (χ3v) is 9.39. The van der Waals surface area contributed by atoms with Crippen LogP contribution in [0.3, 0.4) is 0 Å². The zero-order chi connectivity index (χ0) is 31.8. The quantitative estimate of drug-likeness (QED) is 0.347. The first-order valence-corrected chi connectivity index (χ1v) is 16.6. The van der Waals surface area contributed by atoms with Crippen molar-refractivity contribution in [3.63, 3.8) is 0 Å². The maximum atomic E-state index is 14.2. The van der Waals surface area contributed by atoms with E-state index in [1.54, 1.807) is 11.0 Å². The second-order valence-corrected chi connectivity index (χ2v) is 13.0. The van der Waals surface area contributed by atoms with Crippen LogP contribution in [0.1, 0.15) is 80.9 Å². The van der Waals surface area contributed by atoms with Gasteiger partial charge in [0.05, 0.1) is 18.5 Å². The Labute approximate surface area is 282 Å². The van der Waals surface area contributed by atoms with Gasteiger partial charge in [-0.25, -0.2) is 4.79 Å². The Bertz CT molecular complexity index is 1310. The van der Waals surface area contributed by atoms with Crippen molar-refractivity contribution >= 4 is 49.0 Å². The predicted octanol–water partition coefficient (Wildman–Crippen LogP) is 4.36. The van der Waals surface area contributed by atoms with Gasteiger partial charge in [0.25, 0.3) is 0 Å². The molecular formula is C33H45BCl2N4O6. The highest BCUT2D eigenvalue weighted by Crippen LogP contribution is 2.27. The van der Waals surface area contributed by atoms with Crippen molar-refractivity contribution in [2.24, 2.45) is 0 Å². The van der Waals surface area contributed by atoms with Crippen LogP contribution in [0.2, 0.25) is 5.02 Å². The van der Waals surface area contributed by atoms with Crippen molar-refractivity contribution in [1.82, 2.24) is 20.4 Å². The maximum absolute atomic E-state index is 14.2. The Kier molecular flexibility index (Phi) is 13.6. The molecule has 250 valence electrons. The summed E-state index contributed by atoms with van der Waals surface area (Å²) < 4.78 is 5.91. The zero-order valence-corrected chi connectivity index (χ0v) is 27.7. The molecule has 0 aliphatic carbocycles. The molecule has 3 amide bonds. The number of fused-ring (bicyclic) bond motifs is 2. The summed E-state index contributed by atoms with van der Waals surface area (Å²) in [7, 11) is -1.73. The van der Waals surface area contributed by atoms with Crippen molar-refractivity contribution in [1.29, 1.82) is 0 Å². The molecule has 2 fully saturated rings. The van der Waals surface area contributed by atoms with Gasteiger partial charge in [-0.2, -0.15) is 0 Å². The molecule has 4 atom stereocenters. The molecule has 2 saturated heterocycles. The SMILES string of the molecule is Cl.O=C1N[C@@H](B(O)O)CCCCCCCCCC(NCc2cccc(Cl)c2)C(=O)N2C[C@H](OC(=O)N3Cc4ccccc4C3)C[C@@H]12. The van der Waals surface area contributed by atoms with E-state index >= 15 is 0 Å². The summed E-state index contributed by atoms with van der Waals surface area (Å²) in [6, 6.07) is 13.8. The Morgan fingerprint density at radius 3 is 2.26 bits per heavy atom. The number of carbonyl (C=O) groups excluding carboxylic acids is 3. The minimum absolute atomic E-state index is 0. The van der Waals surface area contributed by atoms with Gasteiger partial charge >= 0.3 is 13.2 Å². The number of ether oxygens (including phenoxy) is 1. The topological polar surface area (TPSA) is 131 Å². The van der Waals surface area contributed by atoms with E-state index in [9.17, 15) is 24.4 Å². The molecule has 0 bridgehead atoms. The maximum Gasteiger partial charge on any atom is 0.475 e. The highest BCUT2D eigenvalue weighted by molar-refractivity contribution is 6.43. The Morgan fingerprint density at radius 2 is 1.61 bits per heavy atom. The number of amides is 3. The average Bonchev–Trinajstić information content (AvgIpc) is 3.65. The van der Waals surface area contributed by atoms with E-state index in [4.69, 9.17) is 16.3 Å². The molecule has 5 rings (SSSR count). The predicted molar refractivity (Wildman–Crippen MR) is 179 cm³/mol. The fourth-order valence-corrected chi connectivity index (χ4v) is 6.84. The summed E-state index contributed by atoms with van der Waals surface area (Å²) in [5.41, 5.74) is 3.08. The third kappa shape index (κ3) is 9.61. The van der Waals surface area contributed by atoms with E-state index in [1.807, 2.05) is 42.5 Å². The van der Waals surface area contributed by atoms with Gasteiger partial charge in [0.15, 0.2) is 0 Å². The highest BCUT2D eigenvalue weighted by Gasteiger charge is 2.44. The third-order valence-electron chi connectivity index (χ3n) is 9.15. The van der Waals surface area contributed by atoms with Gasteiger partial charge in [0.2, 0.25) is 11.8 Å². The number of hydrogen-bond acceptors (Lipinski definition) is 7. The van der Waals surface area contributed by atoms with Crippen molar-refractivity contribution in [2.75, 3.05) is 6.54 Å². The zero-order valence-electron chi connectivity index (χ0n) is 26.1. The molecule has 0 radical (unpaired) electrons. The molecule has 0 saturated carbocycles. The molecule has 1 unspecified atom stereocenters. The van der Waals surface area contributed by atoms with Crippen LogP contribution in [0.5, 0.6) is 0 Å². The average molecular weight is 675 g/mol. The number of rotatable bonds is 5. The summed E-state index contributed by atoms with van der Waals surface area (Å²) >= 11 is 6.20. The van der Waals surface area contributed by atoms with Crippen molar-refractivity contribution in [3.8, 4) is 0 Å². The van der Waals surface area contributed by atoms with Gasteiger partial charge in [-0.1, -0.05) is 92.9 Å². The van der Waals surface area contributed by atoms with Crippen LogP contribution in [0, 0.1) is 0 Å². The van der Waals surface area contributed by atoms with Crippen molar-refractivity contribution in [3.05, 3.63) is 70.2 Å². The second kappa shape index (κ2) is 17.4. The van der Waals surface area contributed by atoms with E-state index in [2.05, 4.69) is 10.6 Å². The molecule has 46 heavy (non-hydrogen) atoms. The molecule has 3 aliphatic heterocycles. The summed E-state index contributed by atoms with van der Waals surface area (Å²) in [5.74, 6) is -1.57. The van der Waals surface area contributed by atoms with Gasteiger partial charge in [-0.15, -0.1) is 12.4 Å². The fraction of sp³-hybridized carbons (Fsp3) is 0.545. The van der Waals surface area contributed by atoms with Crippen LogP contribution < -0.4 is 10.6 Å². The largest absolute Gasteiger partial charge is 0.475 e.